The third-order valence-corrected chi connectivity index (χ3v) is 7.61. The van der Waals surface area contributed by atoms with Crippen molar-refractivity contribution in [2.24, 2.45) is 0 Å². The average molecular weight is 610 g/mol. The molecule has 3 atom stereocenters. The SMILES string of the molecule is CCO[Si](OCC)(OCC)C(F)C(F)(F)C(F)(F)C(F)(F)C(F)(F)C(F)(F)C(F)(F)C(F)C(F)C(F)F. The standard InChI is InChI=1S/C16H19F17O3Si/c1-4-34-37(35-5-2,36-6-3)10(21)12(24,25)14(28,29)16(32,33)15(30,31)13(26,27)11(22,23)8(18)7(17)9(19)20/h7-10H,4-6H2,1-3H3. The van der Waals surface area contributed by atoms with Crippen LogP contribution < -0.4 is 0 Å². The first-order chi connectivity index (χ1) is 16.4. The van der Waals surface area contributed by atoms with E-state index >= 15 is 0 Å². The molecule has 0 aromatic heterocycles. The van der Waals surface area contributed by atoms with Gasteiger partial charge in [0.15, 0.2) is 6.17 Å². The third kappa shape index (κ3) is 5.63. The summed E-state index contributed by atoms with van der Waals surface area (Å²) < 4.78 is 245. The van der Waals surface area contributed by atoms with Crippen molar-refractivity contribution in [1.29, 1.82) is 0 Å². The topological polar surface area (TPSA) is 27.7 Å². The van der Waals surface area contributed by atoms with Crippen LogP contribution in [0.3, 0.4) is 0 Å². The van der Waals surface area contributed by atoms with Gasteiger partial charge in [-0.15, -0.1) is 0 Å². The average Bonchev–Trinajstić information content (AvgIpc) is 2.76. The second kappa shape index (κ2) is 11.6. The van der Waals surface area contributed by atoms with Gasteiger partial charge in [0.1, 0.15) is 0 Å². The lowest BCUT2D eigenvalue weighted by atomic mass is 9.89. The second-order valence-corrected chi connectivity index (χ2v) is 9.57. The Hall–Kier alpha value is -1.09. The summed E-state index contributed by atoms with van der Waals surface area (Å²) in [4.78, 5) is 0. The van der Waals surface area contributed by atoms with Gasteiger partial charge < -0.3 is 13.3 Å². The van der Waals surface area contributed by atoms with Crippen molar-refractivity contribution in [2.75, 3.05) is 19.8 Å². The highest BCUT2D eigenvalue weighted by Crippen LogP contribution is 2.62. The van der Waals surface area contributed by atoms with Gasteiger partial charge in [-0.25, -0.2) is 22.0 Å². The van der Waals surface area contributed by atoms with Crippen molar-refractivity contribution in [3.05, 3.63) is 0 Å². The van der Waals surface area contributed by atoms with E-state index in [0.717, 1.165) is 20.8 Å². The predicted octanol–water partition coefficient (Wildman–Crippen LogP) is 6.67. The maximum Gasteiger partial charge on any atom is 0.543 e. The van der Waals surface area contributed by atoms with Gasteiger partial charge in [0, 0.05) is 19.8 Å². The Kier molecular flexibility index (Phi) is 11.2. The quantitative estimate of drug-likeness (QED) is 0.145. The van der Waals surface area contributed by atoms with Gasteiger partial charge in [0.2, 0.25) is 12.0 Å². The molecule has 0 aliphatic carbocycles. The van der Waals surface area contributed by atoms with Crippen molar-refractivity contribution < 1.29 is 87.9 Å². The van der Waals surface area contributed by atoms with Gasteiger partial charge in [0.05, 0.1) is 0 Å². The first-order valence-corrected chi connectivity index (χ1v) is 11.5. The van der Waals surface area contributed by atoms with Crippen molar-refractivity contribution in [3.8, 4) is 0 Å². The van der Waals surface area contributed by atoms with Crippen molar-refractivity contribution in [3.63, 3.8) is 0 Å². The molecule has 21 heteroatoms. The van der Waals surface area contributed by atoms with E-state index in [1.807, 2.05) is 0 Å². The smallest absolute Gasteiger partial charge is 0.372 e. The fourth-order valence-corrected chi connectivity index (χ4v) is 5.16. The Labute approximate surface area is 198 Å². The molecule has 0 fully saturated rings. The van der Waals surface area contributed by atoms with E-state index in [0.29, 0.717) is 0 Å². The molecule has 37 heavy (non-hydrogen) atoms. The molecule has 0 radical (unpaired) electrons. The van der Waals surface area contributed by atoms with Crippen LogP contribution >= 0.6 is 0 Å². The summed E-state index contributed by atoms with van der Waals surface area (Å²) in [6, 6.07) is 0. The zero-order valence-electron chi connectivity index (χ0n) is 18.6. The van der Waals surface area contributed by atoms with E-state index in [1.54, 1.807) is 0 Å². The Balaban J connectivity index is 6.87. The lowest BCUT2D eigenvalue weighted by Crippen LogP contribution is -2.75. The number of halogens is 17. The number of hydrogen-bond acceptors (Lipinski definition) is 3. The first kappa shape index (κ1) is 35.9. The van der Waals surface area contributed by atoms with Crippen LogP contribution in [0, 0.1) is 0 Å². The van der Waals surface area contributed by atoms with Crippen LogP contribution in [-0.2, 0) is 13.3 Å². The molecule has 0 spiro atoms. The van der Waals surface area contributed by atoms with Gasteiger partial charge in [-0.2, -0.15) is 52.7 Å². The molecule has 0 aliphatic heterocycles. The highest BCUT2D eigenvalue weighted by molar-refractivity contribution is 6.62. The third-order valence-electron chi connectivity index (χ3n) is 4.55. The van der Waals surface area contributed by atoms with Crippen LogP contribution in [-0.4, -0.2) is 88.7 Å². The van der Waals surface area contributed by atoms with Crippen molar-refractivity contribution in [2.45, 2.75) is 80.9 Å². The Bertz CT molecular complexity index is 718. The van der Waals surface area contributed by atoms with Crippen LogP contribution in [0.15, 0.2) is 0 Å². The van der Waals surface area contributed by atoms with E-state index in [1.165, 1.54) is 0 Å². The summed E-state index contributed by atoms with van der Waals surface area (Å²) in [5.41, 5.74) is 0. The van der Waals surface area contributed by atoms with Crippen molar-refractivity contribution in [1.82, 2.24) is 0 Å². The van der Waals surface area contributed by atoms with Crippen LogP contribution in [0.25, 0.3) is 0 Å². The van der Waals surface area contributed by atoms with Crippen LogP contribution in [0.2, 0.25) is 0 Å². The minimum absolute atomic E-state index is 0.888. The minimum Gasteiger partial charge on any atom is -0.372 e. The highest BCUT2D eigenvalue weighted by Gasteiger charge is 2.93. The molecule has 0 heterocycles. The number of hydrogen-bond donors (Lipinski definition) is 0. The Morgan fingerprint density at radius 2 is 0.811 bits per heavy atom. The Morgan fingerprint density at radius 1 is 0.514 bits per heavy atom. The summed E-state index contributed by atoms with van der Waals surface area (Å²) in [6.45, 7) is -0.0516. The molecule has 0 aromatic carbocycles. The molecule has 0 rings (SSSR count). The zero-order chi connectivity index (χ0) is 30.1. The van der Waals surface area contributed by atoms with E-state index in [9.17, 15) is 74.6 Å². The summed E-state index contributed by atoms with van der Waals surface area (Å²) in [7, 11) is -5.91. The largest absolute Gasteiger partial charge is 0.543 e. The van der Waals surface area contributed by atoms with Crippen LogP contribution in [0.1, 0.15) is 20.8 Å². The fourth-order valence-electron chi connectivity index (χ4n) is 2.64. The maximum absolute atomic E-state index is 14.7. The zero-order valence-corrected chi connectivity index (χ0v) is 19.6. The lowest BCUT2D eigenvalue weighted by molar-refractivity contribution is -0.433. The first-order valence-electron chi connectivity index (χ1n) is 9.74. The molecule has 0 aliphatic rings. The van der Waals surface area contributed by atoms with Crippen LogP contribution in [0.5, 0.6) is 0 Å². The minimum atomic E-state index is -8.45. The highest BCUT2D eigenvalue weighted by atomic mass is 28.4. The van der Waals surface area contributed by atoms with E-state index in [4.69, 9.17) is 0 Å². The maximum atomic E-state index is 14.7. The second-order valence-electron chi connectivity index (χ2n) is 6.99. The summed E-state index contributed by atoms with van der Waals surface area (Å²) >= 11 is 0. The normalized spacial score (nSPS) is 17.8. The summed E-state index contributed by atoms with van der Waals surface area (Å²) in [5.74, 6) is -52.9. The van der Waals surface area contributed by atoms with E-state index < -0.39 is 88.7 Å². The van der Waals surface area contributed by atoms with Gasteiger partial charge in [-0.05, 0) is 20.8 Å². The molecule has 0 amide bonds. The van der Waals surface area contributed by atoms with Gasteiger partial charge in [0.25, 0.3) is 6.43 Å². The lowest BCUT2D eigenvalue weighted by Gasteiger charge is -2.43. The molecular weight excluding hydrogens is 591 g/mol. The van der Waals surface area contributed by atoms with Gasteiger partial charge in [-0.3, -0.25) is 0 Å². The fraction of sp³-hybridized carbons (Fsp3) is 1.00. The van der Waals surface area contributed by atoms with Gasteiger partial charge >= 0.3 is 44.3 Å². The molecule has 0 aromatic rings. The molecule has 0 saturated carbocycles. The van der Waals surface area contributed by atoms with E-state index in [-0.39, 0.29) is 0 Å². The monoisotopic (exact) mass is 610 g/mol. The number of rotatable bonds is 16. The molecule has 3 unspecified atom stereocenters. The van der Waals surface area contributed by atoms with Gasteiger partial charge in [-0.1, -0.05) is 0 Å². The van der Waals surface area contributed by atoms with Crippen molar-refractivity contribution >= 4 is 8.80 Å². The molecule has 0 N–H and O–H groups in total. The molecule has 3 nitrogen and oxygen atoms in total. The predicted molar refractivity (Wildman–Crippen MR) is 91.0 cm³/mol. The molecule has 0 bridgehead atoms. The molecular formula is C16H19F17O3Si. The summed E-state index contributed by atoms with van der Waals surface area (Å²) in [5, 5.41) is 0. The Morgan fingerprint density at radius 3 is 1.08 bits per heavy atom. The summed E-state index contributed by atoms with van der Waals surface area (Å²) in [6.07, 6.45) is -15.7. The van der Waals surface area contributed by atoms with E-state index in [2.05, 4.69) is 13.3 Å². The molecule has 0 saturated heterocycles. The number of alkyl halides is 17. The van der Waals surface area contributed by atoms with Crippen LogP contribution in [0.4, 0.5) is 74.6 Å². The molecule has 224 valence electrons.